The third-order valence-corrected chi connectivity index (χ3v) is 4.33. The van der Waals surface area contributed by atoms with Crippen LogP contribution >= 0.6 is 12.2 Å². The predicted octanol–water partition coefficient (Wildman–Crippen LogP) is 1.51. The Labute approximate surface area is 97.3 Å². The van der Waals surface area contributed by atoms with E-state index in [0.29, 0.717) is 10.9 Å². The largest absolute Gasteiger partial charge is 0.393 e. The normalized spacial score (nSPS) is 21.1. The lowest BCUT2D eigenvalue weighted by Gasteiger charge is -2.28. The Morgan fingerprint density at radius 2 is 1.93 bits per heavy atom. The van der Waals surface area contributed by atoms with Crippen LogP contribution in [0.15, 0.2) is 0 Å². The van der Waals surface area contributed by atoms with Gasteiger partial charge in [-0.3, -0.25) is 0 Å². The summed E-state index contributed by atoms with van der Waals surface area (Å²) >= 11 is 4.98. The van der Waals surface area contributed by atoms with Crippen LogP contribution in [-0.4, -0.2) is 25.4 Å². The molecule has 1 atom stereocenters. The Balaban J connectivity index is 2.68. The third kappa shape index (κ3) is 4.47. The molecule has 0 spiro atoms. The molecular weight excluding hydrogens is 230 g/mol. The monoisotopic (exact) mass is 249 g/mol. The Hall–Kier alpha value is -0.160. The average molecular weight is 249 g/mol. The second-order valence-corrected chi connectivity index (χ2v) is 7.16. The topological polar surface area (TPSA) is 60.2 Å². The van der Waals surface area contributed by atoms with E-state index >= 15 is 0 Å². The van der Waals surface area contributed by atoms with Crippen molar-refractivity contribution < 1.29 is 8.42 Å². The fraction of sp³-hybridized carbons (Fsp3) is 0.900. The van der Waals surface area contributed by atoms with E-state index < -0.39 is 9.84 Å². The van der Waals surface area contributed by atoms with Crippen LogP contribution in [0.2, 0.25) is 0 Å². The zero-order valence-corrected chi connectivity index (χ0v) is 10.7. The molecule has 3 nitrogen and oxygen atoms in total. The van der Waals surface area contributed by atoms with Crippen LogP contribution in [-0.2, 0) is 9.84 Å². The van der Waals surface area contributed by atoms with Crippen molar-refractivity contribution in [2.75, 3.05) is 12.0 Å². The highest BCUT2D eigenvalue weighted by Crippen LogP contribution is 2.30. The van der Waals surface area contributed by atoms with Gasteiger partial charge in [0.1, 0.15) is 9.84 Å². The van der Waals surface area contributed by atoms with Crippen LogP contribution in [0.1, 0.15) is 32.1 Å². The molecule has 0 aliphatic heterocycles. The molecule has 2 N–H and O–H groups in total. The van der Waals surface area contributed by atoms with E-state index in [2.05, 4.69) is 0 Å². The highest BCUT2D eigenvalue weighted by molar-refractivity contribution is 7.90. The van der Waals surface area contributed by atoms with Crippen LogP contribution in [0.4, 0.5) is 0 Å². The maximum absolute atomic E-state index is 11.3. The molecular formula is C10H19NO2S2. The number of hydrogen-bond donors (Lipinski definition) is 1. The lowest BCUT2D eigenvalue weighted by Crippen LogP contribution is -2.35. The number of rotatable bonds is 4. The predicted molar refractivity (Wildman–Crippen MR) is 66.6 cm³/mol. The summed E-state index contributed by atoms with van der Waals surface area (Å²) in [7, 11) is -2.99. The zero-order chi connectivity index (χ0) is 11.5. The molecule has 0 radical (unpaired) electrons. The third-order valence-electron chi connectivity index (χ3n) is 3.07. The number of sulfone groups is 1. The minimum absolute atomic E-state index is 0.115. The van der Waals surface area contributed by atoms with Crippen LogP contribution in [0.25, 0.3) is 0 Å². The van der Waals surface area contributed by atoms with E-state index in [0.717, 1.165) is 12.8 Å². The summed E-state index contributed by atoms with van der Waals surface area (Å²) in [5, 5.41) is 0. The van der Waals surface area contributed by atoms with Crippen molar-refractivity contribution in [3.63, 3.8) is 0 Å². The number of nitrogens with two attached hydrogens (primary N) is 1. The molecule has 1 rings (SSSR count). The van der Waals surface area contributed by atoms with Gasteiger partial charge in [0, 0.05) is 12.2 Å². The maximum atomic E-state index is 11.3. The Morgan fingerprint density at radius 1 is 1.40 bits per heavy atom. The molecule has 5 heteroatoms. The van der Waals surface area contributed by atoms with Gasteiger partial charge in [-0.2, -0.15) is 0 Å². The van der Waals surface area contributed by atoms with Crippen molar-refractivity contribution >= 4 is 27.0 Å². The van der Waals surface area contributed by atoms with Gasteiger partial charge in [-0.25, -0.2) is 8.42 Å². The first-order chi connectivity index (χ1) is 6.90. The van der Waals surface area contributed by atoms with Gasteiger partial charge >= 0.3 is 0 Å². The molecule has 1 aliphatic rings. The van der Waals surface area contributed by atoms with Crippen molar-refractivity contribution in [3.05, 3.63) is 0 Å². The van der Waals surface area contributed by atoms with Gasteiger partial charge < -0.3 is 5.73 Å². The lowest BCUT2D eigenvalue weighted by molar-refractivity contribution is 0.313. The molecule has 0 aromatic rings. The van der Waals surface area contributed by atoms with Crippen molar-refractivity contribution in [1.82, 2.24) is 0 Å². The summed E-state index contributed by atoms with van der Waals surface area (Å²) in [6.07, 6.45) is 6.98. The molecule has 1 aliphatic carbocycles. The smallest absolute Gasteiger partial charge is 0.148 e. The van der Waals surface area contributed by atoms with E-state index in [1.807, 2.05) is 0 Å². The molecule has 15 heavy (non-hydrogen) atoms. The molecule has 1 fully saturated rings. The summed E-state index contributed by atoms with van der Waals surface area (Å²) in [5.74, 6) is 0.383. The SMILES string of the molecule is CS(=O)(=O)C[C@@H](C(N)=S)C1CCCCC1. The van der Waals surface area contributed by atoms with E-state index in [9.17, 15) is 8.42 Å². The summed E-state index contributed by atoms with van der Waals surface area (Å²) in [6.45, 7) is 0. The average Bonchev–Trinajstić information content (AvgIpc) is 2.14. The Morgan fingerprint density at radius 3 is 2.33 bits per heavy atom. The van der Waals surface area contributed by atoms with Gasteiger partial charge in [0.25, 0.3) is 0 Å². The fourth-order valence-corrected chi connectivity index (χ4v) is 3.80. The van der Waals surface area contributed by atoms with Crippen LogP contribution in [0, 0.1) is 11.8 Å². The highest BCUT2D eigenvalue weighted by atomic mass is 32.2. The molecule has 0 aromatic carbocycles. The van der Waals surface area contributed by atoms with Gasteiger partial charge in [-0.15, -0.1) is 0 Å². The first-order valence-corrected chi connectivity index (χ1v) is 7.84. The molecule has 88 valence electrons. The van der Waals surface area contributed by atoms with Gasteiger partial charge in [0.05, 0.1) is 10.7 Å². The first kappa shape index (κ1) is 12.9. The molecule has 0 bridgehead atoms. The van der Waals surface area contributed by atoms with Crippen molar-refractivity contribution in [1.29, 1.82) is 0 Å². The lowest BCUT2D eigenvalue weighted by atomic mass is 9.81. The molecule has 0 aromatic heterocycles. The summed E-state index contributed by atoms with van der Waals surface area (Å²) < 4.78 is 22.5. The quantitative estimate of drug-likeness (QED) is 0.767. The second kappa shape index (κ2) is 5.25. The minimum Gasteiger partial charge on any atom is -0.393 e. The van der Waals surface area contributed by atoms with Gasteiger partial charge in [0.2, 0.25) is 0 Å². The van der Waals surface area contributed by atoms with E-state index in [1.54, 1.807) is 0 Å². The van der Waals surface area contributed by atoms with Gasteiger partial charge in [-0.1, -0.05) is 31.5 Å². The van der Waals surface area contributed by atoms with E-state index in [1.165, 1.54) is 25.5 Å². The van der Waals surface area contributed by atoms with Crippen LogP contribution in [0.5, 0.6) is 0 Å². The van der Waals surface area contributed by atoms with Crippen molar-refractivity contribution in [2.45, 2.75) is 32.1 Å². The van der Waals surface area contributed by atoms with Crippen LogP contribution in [0.3, 0.4) is 0 Å². The Kier molecular flexibility index (Phi) is 4.52. The van der Waals surface area contributed by atoms with Gasteiger partial charge in [0.15, 0.2) is 0 Å². The molecule has 0 amide bonds. The fourth-order valence-electron chi connectivity index (χ4n) is 2.31. The highest BCUT2D eigenvalue weighted by Gasteiger charge is 2.28. The van der Waals surface area contributed by atoms with E-state index in [4.69, 9.17) is 18.0 Å². The summed E-state index contributed by atoms with van der Waals surface area (Å²) in [4.78, 5) is 0.368. The van der Waals surface area contributed by atoms with Crippen LogP contribution < -0.4 is 5.73 Å². The van der Waals surface area contributed by atoms with Gasteiger partial charge in [-0.05, 0) is 18.8 Å². The molecule has 0 saturated heterocycles. The molecule has 0 heterocycles. The second-order valence-electron chi connectivity index (χ2n) is 4.50. The zero-order valence-electron chi connectivity index (χ0n) is 9.11. The Bertz CT molecular complexity index is 318. The number of thiocarbonyl (C=S) groups is 1. The minimum atomic E-state index is -2.99. The van der Waals surface area contributed by atoms with Crippen molar-refractivity contribution in [3.8, 4) is 0 Å². The first-order valence-electron chi connectivity index (χ1n) is 5.37. The summed E-state index contributed by atoms with van der Waals surface area (Å²) in [5.41, 5.74) is 5.64. The molecule has 1 saturated carbocycles. The number of hydrogen-bond acceptors (Lipinski definition) is 3. The molecule has 0 unspecified atom stereocenters. The van der Waals surface area contributed by atoms with E-state index in [-0.39, 0.29) is 11.7 Å². The van der Waals surface area contributed by atoms with Crippen molar-refractivity contribution in [2.24, 2.45) is 17.6 Å². The maximum Gasteiger partial charge on any atom is 0.148 e. The summed E-state index contributed by atoms with van der Waals surface area (Å²) in [6, 6.07) is 0. The standard InChI is InChI=1S/C10H19NO2S2/c1-15(12,13)7-9(10(11)14)8-5-3-2-4-6-8/h8-9H,2-7H2,1H3,(H2,11,14)/t9-/m1/s1.